The summed E-state index contributed by atoms with van der Waals surface area (Å²) in [6.45, 7) is 4.36. The van der Waals surface area contributed by atoms with E-state index in [4.69, 9.17) is 10.5 Å². The summed E-state index contributed by atoms with van der Waals surface area (Å²) in [6.07, 6.45) is 0. The normalized spacial score (nSPS) is 17.4. The van der Waals surface area contributed by atoms with Gasteiger partial charge in [0.1, 0.15) is 0 Å². The van der Waals surface area contributed by atoms with Gasteiger partial charge in [0.25, 0.3) is 0 Å². The third-order valence-corrected chi connectivity index (χ3v) is 4.96. The number of benzene rings is 1. The predicted molar refractivity (Wildman–Crippen MR) is 75.0 cm³/mol. The molecular weight excluding hydrogens is 242 g/mol. The smallest absolute Gasteiger partial charge is 0.0765 e. The first kappa shape index (κ1) is 11.9. The summed E-state index contributed by atoms with van der Waals surface area (Å²) in [5.41, 5.74) is 9.61. The number of rotatable bonds is 3. The van der Waals surface area contributed by atoms with Crippen molar-refractivity contribution < 1.29 is 4.74 Å². The molecule has 18 heavy (non-hydrogen) atoms. The van der Waals surface area contributed by atoms with Gasteiger partial charge in [-0.3, -0.25) is 0 Å². The van der Waals surface area contributed by atoms with Crippen molar-refractivity contribution in [1.29, 1.82) is 0 Å². The molecule has 2 aromatic rings. The van der Waals surface area contributed by atoms with Crippen molar-refractivity contribution in [3.8, 4) is 0 Å². The Bertz CT molecular complexity index is 540. The van der Waals surface area contributed by atoms with Gasteiger partial charge >= 0.3 is 0 Å². The summed E-state index contributed by atoms with van der Waals surface area (Å²) >= 11 is 1.83. The van der Waals surface area contributed by atoms with Gasteiger partial charge in [-0.05, 0) is 35.1 Å². The molecule has 3 heteroatoms. The highest BCUT2D eigenvalue weighted by Crippen LogP contribution is 2.43. The van der Waals surface area contributed by atoms with Gasteiger partial charge in [0.15, 0.2) is 0 Å². The molecule has 0 aliphatic carbocycles. The summed E-state index contributed by atoms with van der Waals surface area (Å²) in [7, 11) is 0. The molecule has 1 fully saturated rings. The van der Waals surface area contributed by atoms with Crippen molar-refractivity contribution in [2.24, 2.45) is 5.73 Å². The highest BCUT2D eigenvalue weighted by atomic mass is 32.1. The quantitative estimate of drug-likeness (QED) is 0.920. The fourth-order valence-electron chi connectivity index (χ4n) is 2.56. The van der Waals surface area contributed by atoms with Crippen LogP contribution in [-0.4, -0.2) is 13.2 Å². The second-order valence-electron chi connectivity index (χ2n) is 4.91. The molecule has 0 bridgehead atoms. The number of hydrogen-bond donors (Lipinski definition) is 1. The van der Waals surface area contributed by atoms with Gasteiger partial charge in [-0.25, -0.2) is 0 Å². The molecule has 1 aliphatic heterocycles. The topological polar surface area (TPSA) is 35.2 Å². The van der Waals surface area contributed by atoms with Gasteiger partial charge in [0.2, 0.25) is 0 Å². The molecule has 1 aromatic carbocycles. The molecule has 0 radical (unpaired) electrons. The van der Waals surface area contributed by atoms with E-state index in [-0.39, 0.29) is 5.41 Å². The van der Waals surface area contributed by atoms with Crippen LogP contribution in [0.3, 0.4) is 0 Å². The largest absolute Gasteiger partial charge is 0.379 e. The minimum Gasteiger partial charge on any atom is -0.379 e. The zero-order valence-corrected chi connectivity index (χ0v) is 11.3. The molecule has 94 valence electrons. The third kappa shape index (κ3) is 1.70. The van der Waals surface area contributed by atoms with Crippen molar-refractivity contribution in [2.45, 2.75) is 18.9 Å². The van der Waals surface area contributed by atoms with Crippen LogP contribution in [0.4, 0.5) is 0 Å². The van der Waals surface area contributed by atoms with Gasteiger partial charge in [-0.15, -0.1) is 11.3 Å². The Labute approximate surface area is 111 Å². The number of aryl methyl sites for hydroxylation is 1. The lowest BCUT2D eigenvalue weighted by Crippen LogP contribution is -2.47. The van der Waals surface area contributed by atoms with E-state index in [0.29, 0.717) is 6.54 Å². The fraction of sp³-hybridized carbons (Fsp3) is 0.333. The Balaban J connectivity index is 2.03. The standard InChI is InChI=1S/C15H17NOS/c1-11-6-7-18-14(11)15(9-17-10-15)13-4-2-12(8-16)3-5-13/h2-7H,8-10,16H2,1H3. The average Bonchev–Trinajstić information content (AvgIpc) is 2.76. The molecule has 2 heterocycles. The molecule has 0 spiro atoms. The molecule has 0 saturated carbocycles. The fourth-order valence-corrected chi connectivity index (χ4v) is 3.68. The molecule has 1 aliphatic rings. The average molecular weight is 259 g/mol. The summed E-state index contributed by atoms with van der Waals surface area (Å²) in [5, 5.41) is 2.17. The molecule has 1 saturated heterocycles. The van der Waals surface area contributed by atoms with Crippen LogP contribution < -0.4 is 5.73 Å². The maximum absolute atomic E-state index is 5.65. The van der Waals surface area contributed by atoms with E-state index in [1.165, 1.54) is 21.6 Å². The maximum atomic E-state index is 5.65. The Kier molecular flexibility index (Phi) is 2.98. The molecule has 2 N–H and O–H groups in total. The van der Waals surface area contributed by atoms with Gasteiger partial charge < -0.3 is 10.5 Å². The molecule has 0 unspecified atom stereocenters. The summed E-state index contributed by atoms with van der Waals surface area (Å²) in [6, 6.07) is 10.8. The van der Waals surface area contributed by atoms with Gasteiger partial charge in [0, 0.05) is 11.4 Å². The zero-order valence-electron chi connectivity index (χ0n) is 10.5. The van der Waals surface area contributed by atoms with E-state index in [9.17, 15) is 0 Å². The van der Waals surface area contributed by atoms with Crippen LogP contribution in [0.5, 0.6) is 0 Å². The van der Waals surface area contributed by atoms with E-state index < -0.39 is 0 Å². The molecule has 2 nitrogen and oxygen atoms in total. The Morgan fingerprint density at radius 3 is 2.39 bits per heavy atom. The molecule has 1 aromatic heterocycles. The first-order chi connectivity index (χ1) is 8.76. The highest BCUT2D eigenvalue weighted by molar-refractivity contribution is 7.10. The first-order valence-electron chi connectivity index (χ1n) is 6.18. The highest BCUT2D eigenvalue weighted by Gasteiger charge is 2.43. The molecule has 3 rings (SSSR count). The van der Waals surface area contributed by atoms with Crippen LogP contribution in [0.25, 0.3) is 0 Å². The van der Waals surface area contributed by atoms with Crippen LogP contribution in [0.15, 0.2) is 35.7 Å². The van der Waals surface area contributed by atoms with Crippen molar-refractivity contribution in [3.63, 3.8) is 0 Å². The molecular formula is C15H17NOS. The summed E-state index contributed by atoms with van der Waals surface area (Å²) in [4.78, 5) is 1.44. The molecule has 0 amide bonds. The van der Waals surface area contributed by atoms with Crippen LogP contribution in [0.1, 0.15) is 21.6 Å². The van der Waals surface area contributed by atoms with E-state index in [1.54, 1.807) is 0 Å². The monoisotopic (exact) mass is 259 g/mol. The lowest BCUT2D eigenvalue weighted by molar-refractivity contribution is -0.0365. The minimum atomic E-state index is 0.0748. The van der Waals surface area contributed by atoms with Crippen molar-refractivity contribution in [2.75, 3.05) is 13.2 Å². The molecule has 0 atom stereocenters. The second-order valence-corrected chi connectivity index (χ2v) is 5.82. The first-order valence-corrected chi connectivity index (χ1v) is 7.06. The summed E-state index contributed by atoms with van der Waals surface area (Å²) < 4.78 is 5.51. The van der Waals surface area contributed by atoms with Gasteiger partial charge in [0.05, 0.1) is 18.6 Å². The van der Waals surface area contributed by atoms with Crippen molar-refractivity contribution >= 4 is 11.3 Å². The van der Waals surface area contributed by atoms with Crippen molar-refractivity contribution in [3.05, 3.63) is 57.3 Å². The van der Waals surface area contributed by atoms with Crippen molar-refractivity contribution in [1.82, 2.24) is 0 Å². The maximum Gasteiger partial charge on any atom is 0.0765 e. The van der Waals surface area contributed by atoms with Crippen LogP contribution >= 0.6 is 11.3 Å². The SMILES string of the molecule is Cc1ccsc1C1(c2ccc(CN)cc2)COC1. The third-order valence-electron chi connectivity index (χ3n) is 3.74. The minimum absolute atomic E-state index is 0.0748. The lowest BCUT2D eigenvalue weighted by Gasteiger charge is -2.42. The zero-order chi connectivity index (χ0) is 12.6. The van der Waals surface area contributed by atoms with E-state index in [1.807, 2.05) is 11.3 Å². The van der Waals surface area contributed by atoms with Crippen LogP contribution in [-0.2, 0) is 16.7 Å². The number of hydrogen-bond acceptors (Lipinski definition) is 3. The van der Waals surface area contributed by atoms with E-state index in [0.717, 1.165) is 13.2 Å². The van der Waals surface area contributed by atoms with Gasteiger partial charge in [-0.1, -0.05) is 24.3 Å². The van der Waals surface area contributed by atoms with Gasteiger partial charge in [-0.2, -0.15) is 0 Å². The Hall–Kier alpha value is -1.16. The lowest BCUT2D eigenvalue weighted by atomic mass is 9.76. The van der Waals surface area contributed by atoms with E-state index >= 15 is 0 Å². The number of ether oxygens (including phenoxy) is 1. The summed E-state index contributed by atoms with van der Waals surface area (Å²) in [5.74, 6) is 0. The van der Waals surface area contributed by atoms with Crippen LogP contribution in [0.2, 0.25) is 0 Å². The number of nitrogens with two attached hydrogens (primary N) is 1. The predicted octanol–water partition coefficient (Wildman–Crippen LogP) is 2.83. The number of thiophene rings is 1. The Morgan fingerprint density at radius 1 is 1.22 bits per heavy atom. The van der Waals surface area contributed by atoms with Crippen LogP contribution in [0, 0.1) is 6.92 Å². The second kappa shape index (κ2) is 4.50. The Morgan fingerprint density at radius 2 is 1.94 bits per heavy atom. The van der Waals surface area contributed by atoms with E-state index in [2.05, 4.69) is 42.6 Å².